The van der Waals surface area contributed by atoms with Crippen LogP contribution in [-0.2, 0) is 6.42 Å². The van der Waals surface area contributed by atoms with Crippen LogP contribution in [-0.4, -0.2) is 18.3 Å². The van der Waals surface area contributed by atoms with Gasteiger partial charge in [-0.2, -0.15) is 0 Å². The van der Waals surface area contributed by atoms with E-state index in [2.05, 4.69) is 19.9 Å². The number of rotatable bonds is 7. The van der Waals surface area contributed by atoms with Crippen LogP contribution in [0.25, 0.3) is 0 Å². The smallest absolute Gasteiger partial charge is 0.122 e. The van der Waals surface area contributed by atoms with E-state index in [9.17, 15) is 0 Å². The summed E-state index contributed by atoms with van der Waals surface area (Å²) in [6.45, 7) is 4.93. The molecule has 0 aliphatic rings. The van der Waals surface area contributed by atoms with Gasteiger partial charge in [0.25, 0.3) is 0 Å². The molecular weight excluding hydrogens is 200 g/mol. The highest BCUT2D eigenvalue weighted by atomic mass is 16.5. The Hall–Kier alpha value is -1.02. The van der Waals surface area contributed by atoms with Gasteiger partial charge in [-0.1, -0.05) is 38.5 Å². The molecule has 0 saturated carbocycles. The fourth-order valence-electron chi connectivity index (χ4n) is 1.71. The monoisotopic (exact) mass is 222 g/mol. The molecule has 0 bridgehead atoms. The number of aryl methyl sites for hydroxylation is 1. The number of para-hydroxylation sites is 1. The lowest BCUT2D eigenvalue weighted by Crippen LogP contribution is -2.04. The minimum atomic E-state index is 0.0698. The molecule has 0 amide bonds. The van der Waals surface area contributed by atoms with Crippen molar-refractivity contribution in [2.45, 2.75) is 33.1 Å². The largest absolute Gasteiger partial charge is 0.491 e. The van der Waals surface area contributed by atoms with E-state index in [0.717, 1.165) is 18.1 Å². The highest BCUT2D eigenvalue weighted by Gasteiger charge is 2.03. The number of hydrogen-bond donors (Lipinski definition) is 1. The number of aliphatic hydroxyl groups is 1. The summed E-state index contributed by atoms with van der Waals surface area (Å²) in [5.74, 6) is 1.67. The van der Waals surface area contributed by atoms with Crippen LogP contribution in [0.15, 0.2) is 24.3 Å². The molecule has 0 aromatic heterocycles. The summed E-state index contributed by atoms with van der Waals surface area (Å²) in [5, 5.41) is 8.74. The quantitative estimate of drug-likeness (QED) is 0.768. The fraction of sp³-hybridized carbons (Fsp3) is 0.571. The first-order valence-corrected chi connectivity index (χ1v) is 6.05. The maximum Gasteiger partial charge on any atom is 0.122 e. The van der Waals surface area contributed by atoms with Gasteiger partial charge in [0.2, 0.25) is 0 Å². The van der Waals surface area contributed by atoms with Crippen molar-refractivity contribution < 1.29 is 9.84 Å². The predicted octanol–water partition coefficient (Wildman–Crippen LogP) is 3.04. The lowest BCUT2D eigenvalue weighted by atomic mass is 10.0. The van der Waals surface area contributed by atoms with Gasteiger partial charge in [-0.05, 0) is 30.4 Å². The van der Waals surface area contributed by atoms with Crippen LogP contribution in [0.4, 0.5) is 0 Å². The van der Waals surface area contributed by atoms with Gasteiger partial charge in [-0.3, -0.25) is 0 Å². The van der Waals surface area contributed by atoms with Crippen LogP contribution in [0, 0.1) is 5.92 Å². The molecule has 2 heteroatoms. The van der Waals surface area contributed by atoms with E-state index in [1.807, 2.05) is 18.2 Å². The SMILES string of the molecule is CC(C)CCCc1ccccc1OCCO. The molecule has 1 rings (SSSR count). The summed E-state index contributed by atoms with van der Waals surface area (Å²) in [5.41, 5.74) is 1.25. The molecule has 2 nitrogen and oxygen atoms in total. The Kier molecular flexibility index (Phi) is 5.94. The zero-order valence-corrected chi connectivity index (χ0v) is 10.3. The van der Waals surface area contributed by atoms with Gasteiger partial charge >= 0.3 is 0 Å². The van der Waals surface area contributed by atoms with Crippen molar-refractivity contribution in [3.05, 3.63) is 29.8 Å². The summed E-state index contributed by atoms with van der Waals surface area (Å²) in [6.07, 6.45) is 3.49. The third kappa shape index (κ3) is 4.67. The zero-order chi connectivity index (χ0) is 11.8. The van der Waals surface area contributed by atoms with Crippen LogP contribution in [0.5, 0.6) is 5.75 Å². The summed E-state index contributed by atoms with van der Waals surface area (Å²) in [4.78, 5) is 0. The molecule has 0 radical (unpaired) electrons. The third-order valence-electron chi connectivity index (χ3n) is 2.55. The first-order valence-electron chi connectivity index (χ1n) is 6.05. The van der Waals surface area contributed by atoms with Crippen LogP contribution >= 0.6 is 0 Å². The molecule has 90 valence electrons. The van der Waals surface area contributed by atoms with E-state index in [-0.39, 0.29) is 6.61 Å². The summed E-state index contributed by atoms with van der Waals surface area (Å²) in [7, 11) is 0. The maximum absolute atomic E-state index is 8.74. The number of ether oxygens (including phenoxy) is 1. The van der Waals surface area contributed by atoms with Crippen molar-refractivity contribution in [2.24, 2.45) is 5.92 Å². The molecule has 0 saturated heterocycles. The molecular formula is C14H22O2. The van der Waals surface area contributed by atoms with Crippen molar-refractivity contribution in [1.29, 1.82) is 0 Å². The minimum Gasteiger partial charge on any atom is -0.491 e. The van der Waals surface area contributed by atoms with E-state index in [0.29, 0.717) is 6.61 Å². The number of benzene rings is 1. The van der Waals surface area contributed by atoms with Gasteiger partial charge < -0.3 is 9.84 Å². The number of aliphatic hydroxyl groups excluding tert-OH is 1. The topological polar surface area (TPSA) is 29.5 Å². The molecule has 1 aromatic rings. The Morgan fingerprint density at radius 3 is 2.69 bits per heavy atom. The molecule has 0 aliphatic carbocycles. The normalized spacial score (nSPS) is 10.8. The van der Waals surface area contributed by atoms with Crippen LogP contribution in [0.2, 0.25) is 0 Å². The van der Waals surface area contributed by atoms with Crippen molar-refractivity contribution >= 4 is 0 Å². The Morgan fingerprint density at radius 1 is 1.25 bits per heavy atom. The van der Waals surface area contributed by atoms with E-state index in [1.165, 1.54) is 18.4 Å². The van der Waals surface area contributed by atoms with Gasteiger partial charge in [-0.25, -0.2) is 0 Å². The first kappa shape index (κ1) is 13.0. The van der Waals surface area contributed by atoms with Crippen molar-refractivity contribution in [3.63, 3.8) is 0 Å². The van der Waals surface area contributed by atoms with E-state index in [4.69, 9.17) is 9.84 Å². The Labute approximate surface area is 98.3 Å². The van der Waals surface area contributed by atoms with Crippen LogP contribution in [0.1, 0.15) is 32.3 Å². The standard InChI is InChI=1S/C14H22O2/c1-12(2)6-5-8-13-7-3-4-9-14(13)16-11-10-15/h3-4,7,9,12,15H,5-6,8,10-11H2,1-2H3. The molecule has 0 atom stereocenters. The maximum atomic E-state index is 8.74. The molecule has 0 spiro atoms. The fourth-order valence-corrected chi connectivity index (χ4v) is 1.71. The molecule has 1 aromatic carbocycles. The second-order valence-corrected chi connectivity index (χ2v) is 4.47. The zero-order valence-electron chi connectivity index (χ0n) is 10.3. The summed E-state index contributed by atoms with van der Waals surface area (Å²) in [6, 6.07) is 8.09. The van der Waals surface area contributed by atoms with Gasteiger partial charge in [0.15, 0.2) is 0 Å². The van der Waals surface area contributed by atoms with E-state index >= 15 is 0 Å². The predicted molar refractivity (Wildman–Crippen MR) is 66.8 cm³/mol. The Morgan fingerprint density at radius 2 is 2.00 bits per heavy atom. The van der Waals surface area contributed by atoms with Crippen molar-refractivity contribution in [3.8, 4) is 5.75 Å². The molecule has 0 heterocycles. The lowest BCUT2D eigenvalue weighted by molar-refractivity contribution is 0.200. The van der Waals surface area contributed by atoms with Gasteiger partial charge in [0.05, 0.1) is 6.61 Å². The molecule has 0 unspecified atom stereocenters. The third-order valence-corrected chi connectivity index (χ3v) is 2.55. The molecule has 0 aliphatic heterocycles. The van der Waals surface area contributed by atoms with Crippen molar-refractivity contribution in [2.75, 3.05) is 13.2 Å². The van der Waals surface area contributed by atoms with Crippen molar-refractivity contribution in [1.82, 2.24) is 0 Å². The second-order valence-electron chi connectivity index (χ2n) is 4.47. The Balaban J connectivity index is 2.49. The minimum absolute atomic E-state index is 0.0698. The molecule has 16 heavy (non-hydrogen) atoms. The average molecular weight is 222 g/mol. The Bertz CT molecular complexity index is 295. The second kappa shape index (κ2) is 7.29. The average Bonchev–Trinajstić information content (AvgIpc) is 2.27. The summed E-state index contributed by atoms with van der Waals surface area (Å²) >= 11 is 0. The van der Waals surface area contributed by atoms with Gasteiger partial charge in [0.1, 0.15) is 12.4 Å². The van der Waals surface area contributed by atoms with Gasteiger partial charge in [0, 0.05) is 0 Å². The van der Waals surface area contributed by atoms with Gasteiger partial charge in [-0.15, -0.1) is 0 Å². The van der Waals surface area contributed by atoms with E-state index in [1.54, 1.807) is 0 Å². The van der Waals surface area contributed by atoms with Crippen LogP contribution in [0.3, 0.4) is 0 Å². The van der Waals surface area contributed by atoms with Crippen LogP contribution < -0.4 is 4.74 Å². The lowest BCUT2D eigenvalue weighted by Gasteiger charge is -2.11. The molecule has 0 fully saturated rings. The highest BCUT2D eigenvalue weighted by Crippen LogP contribution is 2.20. The van der Waals surface area contributed by atoms with E-state index < -0.39 is 0 Å². The number of hydrogen-bond acceptors (Lipinski definition) is 2. The highest BCUT2D eigenvalue weighted by molar-refractivity contribution is 5.33. The molecule has 1 N–H and O–H groups in total. The summed E-state index contributed by atoms with van der Waals surface area (Å²) < 4.78 is 5.49. The first-order chi connectivity index (χ1) is 7.74.